The molecule has 1 fully saturated rings. The third-order valence-electron chi connectivity index (χ3n) is 5.24. The van der Waals surface area contributed by atoms with E-state index in [1.165, 1.54) is 11.3 Å². The lowest BCUT2D eigenvalue weighted by Gasteiger charge is -2.36. The maximum Gasteiger partial charge on any atom is 0.341 e. The van der Waals surface area contributed by atoms with Gasteiger partial charge >= 0.3 is 5.97 Å². The molecular weight excluding hydrogens is 466 g/mol. The molecule has 32 heavy (non-hydrogen) atoms. The Bertz CT molecular complexity index is 1080. The molecule has 1 aromatic carbocycles. The molecule has 3 heterocycles. The first-order valence-electron chi connectivity index (χ1n) is 10.4. The number of rotatable bonds is 7. The lowest BCUT2D eigenvalue weighted by Crippen LogP contribution is -2.48. The van der Waals surface area contributed by atoms with E-state index in [1.807, 2.05) is 47.2 Å². The molecule has 1 N–H and O–H groups in total. The molecule has 168 valence electrons. The molecule has 9 heteroatoms. The summed E-state index contributed by atoms with van der Waals surface area (Å²) in [6.45, 7) is 5.43. The van der Waals surface area contributed by atoms with Crippen LogP contribution in [-0.4, -0.2) is 56.1 Å². The summed E-state index contributed by atoms with van der Waals surface area (Å²) in [4.78, 5) is 30.7. The summed E-state index contributed by atoms with van der Waals surface area (Å²) in [6, 6.07) is 11.7. The van der Waals surface area contributed by atoms with E-state index in [0.717, 1.165) is 47.3 Å². The number of amides is 1. The zero-order chi connectivity index (χ0) is 22.5. The van der Waals surface area contributed by atoms with Gasteiger partial charge in [-0.1, -0.05) is 29.8 Å². The van der Waals surface area contributed by atoms with Crippen molar-refractivity contribution in [1.82, 2.24) is 4.90 Å². The highest BCUT2D eigenvalue weighted by molar-refractivity contribution is 7.17. The molecule has 0 spiro atoms. The molecule has 0 bridgehead atoms. The predicted molar refractivity (Wildman–Crippen MR) is 132 cm³/mol. The van der Waals surface area contributed by atoms with Crippen molar-refractivity contribution >= 4 is 56.8 Å². The van der Waals surface area contributed by atoms with Crippen LogP contribution in [0.3, 0.4) is 0 Å². The molecule has 2 aromatic heterocycles. The van der Waals surface area contributed by atoms with Crippen molar-refractivity contribution in [2.45, 2.75) is 6.92 Å². The number of carbonyl (C=O) groups excluding carboxylic acids is 2. The van der Waals surface area contributed by atoms with Crippen LogP contribution in [0.15, 0.2) is 47.2 Å². The quantitative estimate of drug-likeness (QED) is 0.469. The van der Waals surface area contributed by atoms with E-state index in [4.69, 9.17) is 16.3 Å². The third kappa shape index (κ3) is 5.15. The van der Waals surface area contributed by atoms with Gasteiger partial charge in [-0.3, -0.25) is 9.69 Å². The number of thiophene rings is 2. The number of hydrogen-bond donors (Lipinski definition) is 1. The Morgan fingerprint density at radius 2 is 1.88 bits per heavy atom. The molecular formula is C23H24ClN3O3S2. The van der Waals surface area contributed by atoms with E-state index in [-0.39, 0.29) is 19.1 Å². The average molecular weight is 490 g/mol. The molecule has 1 aliphatic rings. The summed E-state index contributed by atoms with van der Waals surface area (Å²) in [5.41, 5.74) is 2.25. The van der Waals surface area contributed by atoms with Crippen LogP contribution in [0.2, 0.25) is 5.02 Å². The first kappa shape index (κ1) is 22.8. The summed E-state index contributed by atoms with van der Waals surface area (Å²) >= 11 is 9.22. The fourth-order valence-corrected chi connectivity index (χ4v) is 5.74. The van der Waals surface area contributed by atoms with Gasteiger partial charge < -0.3 is 15.0 Å². The van der Waals surface area contributed by atoms with Gasteiger partial charge in [-0.05, 0) is 30.5 Å². The van der Waals surface area contributed by atoms with Crippen LogP contribution in [0.1, 0.15) is 17.3 Å². The number of halogens is 1. The van der Waals surface area contributed by atoms with Crippen molar-refractivity contribution in [3.63, 3.8) is 0 Å². The highest BCUT2D eigenvalue weighted by Gasteiger charge is 2.25. The van der Waals surface area contributed by atoms with Crippen LogP contribution in [0.5, 0.6) is 0 Å². The van der Waals surface area contributed by atoms with Crippen LogP contribution in [0, 0.1) is 0 Å². The van der Waals surface area contributed by atoms with Gasteiger partial charge in [0.1, 0.15) is 10.6 Å². The van der Waals surface area contributed by atoms with Gasteiger partial charge in [0.05, 0.1) is 23.9 Å². The molecule has 0 saturated carbocycles. The Morgan fingerprint density at radius 3 is 2.56 bits per heavy atom. The molecule has 1 amide bonds. The summed E-state index contributed by atoms with van der Waals surface area (Å²) in [7, 11) is 0. The van der Waals surface area contributed by atoms with E-state index in [1.54, 1.807) is 18.3 Å². The number of benzene rings is 1. The maximum atomic E-state index is 12.8. The highest BCUT2D eigenvalue weighted by atomic mass is 35.5. The zero-order valence-electron chi connectivity index (χ0n) is 17.7. The Balaban J connectivity index is 1.39. The summed E-state index contributed by atoms with van der Waals surface area (Å²) in [5.74, 6) is -0.554. The summed E-state index contributed by atoms with van der Waals surface area (Å²) < 4.78 is 5.26. The van der Waals surface area contributed by atoms with Crippen molar-refractivity contribution in [2.75, 3.05) is 49.5 Å². The van der Waals surface area contributed by atoms with Crippen LogP contribution >= 0.6 is 34.3 Å². The van der Waals surface area contributed by atoms with Gasteiger partial charge in [-0.2, -0.15) is 0 Å². The zero-order valence-corrected chi connectivity index (χ0v) is 20.1. The number of anilines is 2. The number of esters is 1. The summed E-state index contributed by atoms with van der Waals surface area (Å²) in [5, 5.41) is 8.07. The lowest BCUT2D eigenvalue weighted by molar-refractivity contribution is -0.117. The fourth-order valence-electron chi connectivity index (χ4n) is 3.69. The van der Waals surface area contributed by atoms with Crippen molar-refractivity contribution in [3.05, 3.63) is 57.7 Å². The second-order valence-electron chi connectivity index (χ2n) is 7.31. The first-order chi connectivity index (χ1) is 15.6. The van der Waals surface area contributed by atoms with Gasteiger partial charge in [-0.15, -0.1) is 22.7 Å². The predicted octanol–water partition coefficient (Wildman–Crippen LogP) is 5.07. The molecule has 0 aliphatic carbocycles. The number of ether oxygens (including phenoxy) is 1. The minimum absolute atomic E-state index is 0.138. The van der Waals surface area contributed by atoms with Gasteiger partial charge in [-0.25, -0.2) is 4.79 Å². The molecule has 4 rings (SSSR count). The Morgan fingerprint density at radius 1 is 1.09 bits per heavy atom. The van der Waals surface area contributed by atoms with E-state index < -0.39 is 5.97 Å². The molecule has 0 atom stereocenters. The normalized spacial score (nSPS) is 14.4. The third-order valence-corrected chi connectivity index (χ3v) is 7.36. The Labute approximate surface area is 200 Å². The minimum Gasteiger partial charge on any atom is -0.462 e. The number of piperazine rings is 1. The maximum absolute atomic E-state index is 12.8. The monoisotopic (exact) mass is 489 g/mol. The number of nitrogens with zero attached hydrogens (tertiary/aromatic N) is 2. The van der Waals surface area contributed by atoms with Crippen molar-refractivity contribution in [2.24, 2.45) is 0 Å². The number of nitrogens with one attached hydrogen (secondary N) is 1. The van der Waals surface area contributed by atoms with Crippen LogP contribution < -0.4 is 10.2 Å². The smallest absolute Gasteiger partial charge is 0.341 e. The second-order valence-corrected chi connectivity index (χ2v) is 9.55. The molecule has 0 radical (unpaired) electrons. The fraction of sp³-hybridized carbons (Fsp3) is 0.304. The van der Waals surface area contributed by atoms with E-state index in [9.17, 15) is 9.59 Å². The topological polar surface area (TPSA) is 61.9 Å². The number of para-hydroxylation sites is 1. The van der Waals surface area contributed by atoms with Crippen LogP contribution in [-0.2, 0) is 9.53 Å². The molecule has 1 saturated heterocycles. The van der Waals surface area contributed by atoms with Crippen molar-refractivity contribution in [3.8, 4) is 10.4 Å². The standard InChI is InChI=1S/C23H24ClN3O3S2/c1-2-30-23(29)21-16(19-8-5-13-31-19)15-32-22(21)25-20(28)14-26-9-11-27(12-10-26)18-7-4-3-6-17(18)24/h3-8,13,15H,2,9-12,14H2,1H3,(H,25,28). The molecule has 3 aromatic rings. The SMILES string of the molecule is CCOC(=O)c1c(-c2cccs2)csc1NC(=O)CN1CCN(c2ccccc2Cl)CC1. The first-order valence-corrected chi connectivity index (χ1v) is 12.5. The number of hydrogen-bond acceptors (Lipinski definition) is 7. The second kappa shape index (κ2) is 10.5. The van der Waals surface area contributed by atoms with Gasteiger partial charge in [0.2, 0.25) is 5.91 Å². The van der Waals surface area contributed by atoms with Crippen LogP contribution in [0.4, 0.5) is 10.7 Å². The largest absolute Gasteiger partial charge is 0.462 e. The minimum atomic E-state index is -0.416. The van der Waals surface area contributed by atoms with Crippen molar-refractivity contribution in [1.29, 1.82) is 0 Å². The number of carbonyl (C=O) groups is 2. The van der Waals surface area contributed by atoms with E-state index in [0.29, 0.717) is 10.6 Å². The highest BCUT2D eigenvalue weighted by Crippen LogP contribution is 2.38. The van der Waals surface area contributed by atoms with Crippen LogP contribution in [0.25, 0.3) is 10.4 Å². The van der Waals surface area contributed by atoms with Gasteiger partial charge in [0, 0.05) is 42.0 Å². The van der Waals surface area contributed by atoms with E-state index in [2.05, 4.69) is 15.1 Å². The molecule has 1 aliphatic heterocycles. The average Bonchev–Trinajstić information content (AvgIpc) is 3.45. The molecule has 0 unspecified atom stereocenters. The van der Waals surface area contributed by atoms with Gasteiger partial charge in [0.25, 0.3) is 0 Å². The van der Waals surface area contributed by atoms with Crippen molar-refractivity contribution < 1.29 is 14.3 Å². The Kier molecular flexibility index (Phi) is 7.47. The lowest BCUT2D eigenvalue weighted by atomic mass is 10.1. The Hall–Kier alpha value is -2.39. The summed E-state index contributed by atoms with van der Waals surface area (Å²) in [6.07, 6.45) is 0. The molecule has 6 nitrogen and oxygen atoms in total. The van der Waals surface area contributed by atoms with E-state index >= 15 is 0 Å². The van der Waals surface area contributed by atoms with Gasteiger partial charge in [0.15, 0.2) is 0 Å².